The van der Waals surface area contributed by atoms with E-state index in [0.29, 0.717) is 11.5 Å². The first-order chi connectivity index (χ1) is 7.30. The van der Waals surface area contributed by atoms with E-state index in [-0.39, 0.29) is 0 Å². The molecule has 0 saturated heterocycles. The number of hydrogen-bond donors (Lipinski definition) is 0. The SMILES string of the molecule is CC.Cc1cc(C(F)(F)F)cc(N(C)C)n1. The summed E-state index contributed by atoms with van der Waals surface area (Å²) in [6, 6.07) is 2.07. The van der Waals surface area contributed by atoms with Crippen molar-refractivity contribution in [3.05, 3.63) is 23.4 Å². The summed E-state index contributed by atoms with van der Waals surface area (Å²) in [7, 11) is 3.31. The highest BCUT2D eigenvalue weighted by molar-refractivity contribution is 5.41. The summed E-state index contributed by atoms with van der Waals surface area (Å²) in [5, 5.41) is 0. The van der Waals surface area contributed by atoms with Crippen LogP contribution in [0.2, 0.25) is 0 Å². The van der Waals surface area contributed by atoms with Crippen LogP contribution in [0.4, 0.5) is 19.0 Å². The number of hydrogen-bond acceptors (Lipinski definition) is 2. The van der Waals surface area contributed by atoms with Crippen molar-refractivity contribution in [3.63, 3.8) is 0 Å². The van der Waals surface area contributed by atoms with Gasteiger partial charge in [-0.05, 0) is 19.1 Å². The maximum Gasteiger partial charge on any atom is 0.416 e. The zero-order valence-corrected chi connectivity index (χ0v) is 10.2. The number of aromatic nitrogens is 1. The van der Waals surface area contributed by atoms with E-state index in [9.17, 15) is 13.2 Å². The van der Waals surface area contributed by atoms with Gasteiger partial charge in [-0.25, -0.2) is 4.98 Å². The third kappa shape index (κ3) is 4.08. The van der Waals surface area contributed by atoms with Crippen molar-refractivity contribution in [3.8, 4) is 0 Å². The topological polar surface area (TPSA) is 16.1 Å². The molecule has 1 aromatic heterocycles. The van der Waals surface area contributed by atoms with Gasteiger partial charge in [-0.2, -0.15) is 13.2 Å². The zero-order valence-electron chi connectivity index (χ0n) is 10.2. The fourth-order valence-electron chi connectivity index (χ4n) is 1.04. The smallest absolute Gasteiger partial charge is 0.363 e. The van der Waals surface area contributed by atoms with Crippen molar-refractivity contribution in [2.75, 3.05) is 19.0 Å². The average Bonchev–Trinajstić information content (AvgIpc) is 2.18. The number of pyridine rings is 1. The minimum Gasteiger partial charge on any atom is -0.363 e. The Kier molecular flexibility index (Phi) is 5.27. The van der Waals surface area contributed by atoms with Crippen LogP contribution in [-0.2, 0) is 6.18 Å². The number of rotatable bonds is 1. The van der Waals surface area contributed by atoms with Crippen molar-refractivity contribution in [1.29, 1.82) is 0 Å². The number of nitrogens with zero attached hydrogens (tertiary/aromatic N) is 2. The number of halogens is 3. The summed E-state index contributed by atoms with van der Waals surface area (Å²) in [5.41, 5.74) is -0.294. The molecule has 0 saturated carbocycles. The van der Waals surface area contributed by atoms with Crippen LogP contribution in [0.25, 0.3) is 0 Å². The molecular weight excluding hydrogens is 217 g/mol. The zero-order chi connectivity index (χ0) is 12.9. The van der Waals surface area contributed by atoms with Gasteiger partial charge in [0.15, 0.2) is 0 Å². The van der Waals surface area contributed by atoms with Gasteiger partial charge in [0.05, 0.1) is 5.56 Å². The fourth-order valence-corrected chi connectivity index (χ4v) is 1.04. The molecular formula is C11H17F3N2. The second kappa shape index (κ2) is 5.72. The Morgan fingerprint density at radius 1 is 1.12 bits per heavy atom. The van der Waals surface area contributed by atoms with Crippen LogP contribution in [0.3, 0.4) is 0 Å². The van der Waals surface area contributed by atoms with Crippen molar-refractivity contribution in [2.24, 2.45) is 0 Å². The summed E-state index contributed by atoms with van der Waals surface area (Å²) in [6.45, 7) is 5.54. The Morgan fingerprint density at radius 3 is 2.00 bits per heavy atom. The lowest BCUT2D eigenvalue weighted by atomic mass is 10.2. The second-order valence-electron chi connectivity index (χ2n) is 3.25. The molecule has 0 N–H and O–H groups in total. The van der Waals surface area contributed by atoms with Crippen LogP contribution in [0.5, 0.6) is 0 Å². The van der Waals surface area contributed by atoms with Gasteiger partial charge in [0.2, 0.25) is 0 Å². The summed E-state index contributed by atoms with van der Waals surface area (Å²) < 4.78 is 37.1. The van der Waals surface area contributed by atoms with E-state index in [4.69, 9.17) is 0 Å². The first-order valence-corrected chi connectivity index (χ1v) is 5.04. The van der Waals surface area contributed by atoms with Crippen molar-refractivity contribution < 1.29 is 13.2 Å². The van der Waals surface area contributed by atoms with E-state index in [0.717, 1.165) is 12.1 Å². The van der Waals surface area contributed by atoms with E-state index >= 15 is 0 Å². The highest BCUT2D eigenvalue weighted by Gasteiger charge is 2.31. The van der Waals surface area contributed by atoms with Gasteiger partial charge >= 0.3 is 6.18 Å². The fraction of sp³-hybridized carbons (Fsp3) is 0.545. The van der Waals surface area contributed by atoms with Gasteiger partial charge in [0, 0.05) is 19.8 Å². The molecule has 0 aromatic carbocycles. The molecule has 92 valence electrons. The second-order valence-corrected chi connectivity index (χ2v) is 3.25. The molecule has 0 fully saturated rings. The van der Waals surface area contributed by atoms with Crippen LogP contribution in [0, 0.1) is 6.92 Å². The van der Waals surface area contributed by atoms with E-state index < -0.39 is 11.7 Å². The first-order valence-electron chi connectivity index (χ1n) is 5.04. The summed E-state index contributed by atoms with van der Waals surface area (Å²) in [4.78, 5) is 5.52. The molecule has 0 unspecified atom stereocenters. The third-order valence-corrected chi connectivity index (χ3v) is 1.73. The summed E-state index contributed by atoms with van der Waals surface area (Å²) >= 11 is 0. The minimum atomic E-state index is -4.31. The molecule has 0 spiro atoms. The molecule has 0 aliphatic rings. The van der Waals surface area contributed by atoms with Gasteiger partial charge in [-0.3, -0.25) is 0 Å². The van der Waals surface area contributed by atoms with Crippen molar-refractivity contribution >= 4 is 5.82 Å². The van der Waals surface area contributed by atoms with Gasteiger partial charge in [0.25, 0.3) is 0 Å². The molecule has 5 heteroatoms. The van der Waals surface area contributed by atoms with Gasteiger partial charge in [-0.15, -0.1) is 0 Å². The highest BCUT2D eigenvalue weighted by atomic mass is 19.4. The highest BCUT2D eigenvalue weighted by Crippen LogP contribution is 2.31. The van der Waals surface area contributed by atoms with Crippen molar-refractivity contribution in [2.45, 2.75) is 26.9 Å². The molecule has 0 aliphatic carbocycles. The predicted molar refractivity (Wildman–Crippen MR) is 59.7 cm³/mol. The van der Waals surface area contributed by atoms with E-state index in [2.05, 4.69) is 4.98 Å². The predicted octanol–water partition coefficient (Wildman–Crippen LogP) is 3.50. The normalized spacial score (nSPS) is 10.5. The molecule has 1 heterocycles. The van der Waals surface area contributed by atoms with Crippen LogP contribution in [0.15, 0.2) is 12.1 Å². The van der Waals surface area contributed by atoms with Crippen LogP contribution in [-0.4, -0.2) is 19.1 Å². The van der Waals surface area contributed by atoms with Crippen molar-refractivity contribution in [1.82, 2.24) is 4.98 Å². The lowest BCUT2D eigenvalue weighted by molar-refractivity contribution is -0.137. The molecule has 0 radical (unpaired) electrons. The standard InChI is InChI=1S/C9H11F3N2.C2H6/c1-6-4-7(9(10,11)12)5-8(13-6)14(2)3;1-2/h4-5H,1-3H3;1-2H3. The maximum absolute atomic E-state index is 12.4. The maximum atomic E-state index is 12.4. The van der Waals surface area contributed by atoms with Gasteiger partial charge in [0.1, 0.15) is 5.82 Å². The molecule has 0 amide bonds. The number of anilines is 1. The van der Waals surface area contributed by atoms with Gasteiger partial charge < -0.3 is 4.90 Å². The molecule has 0 bridgehead atoms. The Morgan fingerprint density at radius 2 is 1.62 bits per heavy atom. The van der Waals surface area contributed by atoms with Crippen LogP contribution >= 0.6 is 0 Å². The minimum absolute atomic E-state index is 0.317. The molecule has 16 heavy (non-hydrogen) atoms. The summed E-state index contributed by atoms with van der Waals surface area (Å²) in [6.07, 6.45) is -4.31. The lowest BCUT2D eigenvalue weighted by Crippen LogP contribution is -2.14. The van der Waals surface area contributed by atoms with Crippen LogP contribution in [0.1, 0.15) is 25.1 Å². The molecule has 1 rings (SSSR count). The Hall–Kier alpha value is -1.26. The van der Waals surface area contributed by atoms with E-state index in [1.54, 1.807) is 25.9 Å². The molecule has 1 aromatic rings. The van der Waals surface area contributed by atoms with Gasteiger partial charge in [-0.1, -0.05) is 13.8 Å². The number of aryl methyl sites for hydroxylation is 1. The molecule has 2 nitrogen and oxygen atoms in total. The third-order valence-electron chi connectivity index (χ3n) is 1.73. The Labute approximate surface area is 94.1 Å². The molecule has 0 aliphatic heterocycles. The first kappa shape index (κ1) is 14.7. The average molecular weight is 234 g/mol. The van der Waals surface area contributed by atoms with E-state index in [1.165, 1.54) is 0 Å². The molecule has 0 atom stereocenters. The quantitative estimate of drug-likeness (QED) is 0.739. The largest absolute Gasteiger partial charge is 0.416 e. The number of alkyl halides is 3. The Balaban J connectivity index is 0.00000106. The summed E-state index contributed by atoms with van der Waals surface area (Å²) in [5.74, 6) is 0.317. The monoisotopic (exact) mass is 234 g/mol. The Bertz CT molecular complexity index is 332. The lowest BCUT2D eigenvalue weighted by Gasteiger charge is -2.14. The van der Waals surface area contributed by atoms with Crippen LogP contribution < -0.4 is 4.90 Å². The van der Waals surface area contributed by atoms with E-state index in [1.807, 2.05) is 13.8 Å².